The van der Waals surface area contributed by atoms with E-state index in [2.05, 4.69) is 4.72 Å². The topological polar surface area (TPSA) is 92.8 Å². The lowest BCUT2D eigenvalue weighted by Crippen LogP contribution is -2.33. The highest BCUT2D eigenvalue weighted by molar-refractivity contribution is 7.89. The molecule has 1 fully saturated rings. The number of methoxy groups -OCH3 is 1. The molecule has 0 aliphatic carbocycles. The van der Waals surface area contributed by atoms with Crippen LogP contribution in [0.5, 0.6) is 5.75 Å². The summed E-state index contributed by atoms with van der Waals surface area (Å²) in [5.74, 6) is -0.513. The number of benzene rings is 1. The molecule has 2 rings (SSSR count). The van der Waals surface area contributed by atoms with Crippen molar-refractivity contribution in [1.82, 2.24) is 4.72 Å². The zero-order valence-electron chi connectivity index (χ0n) is 13.3. The largest absolute Gasteiger partial charge is 0.495 e. The number of imide groups is 1. The number of nitrogens with one attached hydrogen (secondary N) is 1. The van der Waals surface area contributed by atoms with Crippen LogP contribution in [0, 0.1) is 0 Å². The highest BCUT2D eigenvalue weighted by Gasteiger charge is 2.32. The summed E-state index contributed by atoms with van der Waals surface area (Å²) in [6.45, 7) is 3.61. The Labute approximate surface area is 135 Å². The molecule has 126 valence electrons. The summed E-state index contributed by atoms with van der Waals surface area (Å²) < 4.78 is 32.7. The molecule has 1 aliphatic heterocycles. The van der Waals surface area contributed by atoms with Crippen molar-refractivity contribution in [2.45, 2.75) is 44.0 Å². The lowest BCUT2D eigenvalue weighted by molar-refractivity contribution is -0.121. The molecule has 2 amide bonds. The summed E-state index contributed by atoms with van der Waals surface area (Å²) in [5.41, 5.74) is 0.239. The minimum Gasteiger partial charge on any atom is -0.495 e. The summed E-state index contributed by atoms with van der Waals surface area (Å²) >= 11 is 0. The molecule has 0 bridgehead atoms. The van der Waals surface area contributed by atoms with E-state index in [1.807, 2.05) is 6.92 Å². The van der Waals surface area contributed by atoms with E-state index in [-0.39, 0.29) is 47.0 Å². The molecule has 1 N–H and O–H groups in total. The lowest BCUT2D eigenvalue weighted by atomic mass is 10.2. The molecule has 1 atom stereocenters. The molecule has 0 radical (unpaired) electrons. The van der Waals surface area contributed by atoms with Gasteiger partial charge in [-0.15, -0.1) is 0 Å². The van der Waals surface area contributed by atoms with E-state index in [1.165, 1.54) is 25.3 Å². The van der Waals surface area contributed by atoms with Gasteiger partial charge in [0.1, 0.15) is 10.6 Å². The Hall–Kier alpha value is -1.93. The third kappa shape index (κ3) is 3.53. The number of ether oxygens (including phenoxy) is 1. The zero-order chi connectivity index (χ0) is 17.2. The van der Waals surface area contributed by atoms with E-state index in [0.29, 0.717) is 6.42 Å². The first-order chi connectivity index (χ1) is 10.8. The van der Waals surface area contributed by atoms with E-state index in [0.717, 1.165) is 4.90 Å². The van der Waals surface area contributed by atoms with Gasteiger partial charge in [0.25, 0.3) is 0 Å². The number of rotatable bonds is 6. The fourth-order valence-corrected chi connectivity index (χ4v) is 3.81. The van der Waals surface area contributed by atoms with Crippen molar-refractivity contribution in [2.75, 3.05) is 12.0 Å². The Morgan fingerprint density at radius 3 is 2.39 bits per heavy atom. The van der Waals surface area contributed by atoms with Crippen LogP contribution in [0.1, 0.15) is 33.1 Å². The molecule has 23 heavy (non-hydrogen) atoms. The second-order valence-electron chi connectivity index (χ2n) is 5.39. The molecule has 1 heterocycles. The normalized spacial score (nSPS) is 16.7. The van der Waals surface area contributed by atoms with Gasteiger partial charge in [-0.2, -0.15) is 0 Å². The zero-order valence-corrected chi connectivity index (χ0v) is 14.1. The van der Waals surface area contributed by atoms with Crippen molar-refractivity contribution in [3.8, 4) is 5.75 Å². The van der Waals surface area contributed by atoms with Crippen LogP contribution in [0.2, 0.25) is 0 Å². The molecular weight excluding hydrogens is 320 g/mol. The van der Waals surface area contributed by atoms with E-state index in [1.54, 1.807) is 6.92 Å². The number of anilines is 1. The van der Waals surface area contributed by atoms with Crippen LogP contribution in [0.4, 0.5) is 5.69 Å². The maximum atomic E-state index is 12.5. The van der Waals surface area contributed by atoms with Crippen molar-refractivity contribution >= 4 is 27.5 Å². The molecule has 1 aliphatic rings. The third-order valence-corrected chi connectivity index (χ3v) is 5.33. The van der Waals surface area contributed by atoms with Crippen molar-refractivity contribution in [3.63, 3.8) is 0 Å². The number of hydrogen-bond acceptors (Lipinski definition) is 5. The Morgan fingerprint density at radius 2 is 1.87 bits per heavy atom. The average Bonchev–Trinajstić information content (AvgIpc) is 2.85. The third-order valence-electron chi connectivity index (χ3n) is 3.72. The predicted molar refractivity (Wildman–Crippen MR) is 84.8 cm³/mol. The smallest absolute Gasteiger partial charge is 0.244 e. The molecular formula is C15H20N2O5S. The fraction of sp³-hybridized carbons (Fsp3) is 0.467. The van der Waals surface area contributed by atoms with Gasteiger partial charge >= 0.3 is 0 Å². The van der Waals surface area contributed by atoms with Crippen LogP contribution < -0.4 is 14.4 Å². The van der Waals surface area contributed by atoms with Crippen LogP contribution in [0.25, 0.3) is 0 Å². The highest BCUT2D eigenvalue weighted by Crippen LogP contribution is 2.31. The maximum absolute atomic E-state index is 12.5. The van der Waals surface area contributed by atoms with Gasteiger partial charge in [-0.3, -0.25) is 14.5 Å². The quantitative estimate of drug-likeness (QED) is 0.791. The van der Waals surface area contributed by atoms with Crippen molar-refractivity contribution in [2.24, 2.45) is 0 Å². The van der Waals surface area contributed by atoms with Crippen molar-refractivity contribution in [3.05, 3.63) is 18.2 Å². The van der Waals surface area contributed by atoms with Crippen LogP contribution >= 0.6 is 0 Å². The van der Waals surface area contributed by atoms with Gasteiger partial charge in [-0.1, -0.05) is 6.92 Å². The summed E-state index contributed by atoms with van der Waals surface area (Å²) in [4.78, 5) is 24.6. The molecule has 0 saturated carbocycles. The van der Waals surface area contributed by atoms with Gasteiger partial charge in [0.2, 0.25) is 21.8 Å². The van der Waals surface area contributed by atoms with E-state index >= 15 is 0 Å². The first kappa shape index (κ1) is 17.4. The summed E-state index contributed by atoms with van der Waals surface area (Å²) in [7, 11) is -2.46. The van der Waals surface area contributed by atoms with Gasteiger partial charge in [-0.05, 0) is 31.5 Å². The molecule has 7 nitrogen and oxygen atoms in total. The molecule has 8 heteroatoms. The van der Waals surface area contributed by atoms with Crippen molar-refractivity contribution in [1.29, 1.82) is 0 Å². The number of sulfonamides is 1. The maximum Gasteiger partial charge on any atom is 0.244 e. The van der Waals surface area contributed by atoms with Gasteiger partial charge in [-0.25, -0.2) is 13.1 Å². The Kier molecular flexibility index (Phi) is 5.06. The molecule has 0 spiro atoms. The monoisotopic (exact) mass is 340 g/mol. The van der Waals surface area contributed by atoms with Crippen LogP contribution in [0.3, 0.4) is 0 Å². The molecule has 1 unspecified atom stereocenters. The van der Waals surface area contributed by atoms with Gasteiger partial charge in [0, 0.05) is 18.9 Å². The number of carbonyl (C=O) groups is 2. The van der Waals surface area contributed by atoms with E-state index in [9.17, 15) is 18.0 Å². The minimum absolute atomic E-state index is 0.0923. The van der Waals surface area contributed by atoms with Crippen LogP contribution in [0.15, 0.2) is 23.1 Å². The fourth-order valence-electron chi connectivity index (χ4n) is 2.29. The number of nitrogens with zero attached hydrogens (tertiary/aromatic N) is 1. The minimum atomic E-state index is -3.83. The first-order valence-electron chi connectivity index (χ1n) is 7.36. The second kappa shape index (κ2) is 6.67. The second-order valence-corrected chi connectivity index (χ2v) is 7.07. The molecule has 1 saturated heterocycles. The summed E-state index contributed by atoms with van der Waals surface area (Å²) in [5, 5.41) is 0. The van der Waals surface area contributed by atoms with Gasteiger partial charge in [0.05, 0.1) is 12.8 Å². The number of carbonyl (C=O) groups excluding carboxylic acids is 2. The molecule has 1 aromatic carbocycles. The van der Waals surface area contributed by atoms with Crippen molar-refractivity contribution < 1.29 is 22.7 Å². The van der Waals surface area contributed by atoms with Crippen LogP contribution in [-0.2, 0) is 19.6 Å². The van der Waals surface area contributed by atoms with E-state index in [4.69, 9.17) is 4.74 Å². The Balaban J connectivity index is 2.48. The lowest BCUT2D eigenvalue weighted by Gasteiger charge is -2.18. The standard InChI is InChI=1S/C15H20N2O5S/c1-4-10(2)16-23(20,21)13-9-11(5-6-12(13)22-3)17-14(18)7-8-15(17)19/h5-6,9-10,16H,4,7-8H2,1-3H3. The molecule has 0 aromatic heterocycles. The molecule has 1 aromatic rings. The highest BCUT2D eigenvalue weighted by atomic mass is 32.2. The first-order valence-corrected chi connectivity index (χ1v) is 8.84. The van der Waals surface area contributed by atoms with E-state index < -0.39 is 10.0 Å². The number of hydrogen-bond donors (Lipinski definition) is 1. The summed E-state index contributed by atoms with van der Waals surface area (Å²) in [6, 6.07) is 4.00. The average molecular weight is 340 g/mol. The Bertz CT molecular complexity index is 713. The Morgan fingerprint density at radius 1 is 1.26 bits per heavy atom. The number of amides is 2. The predicted octanol–water partition coefficient (Wildman–Crippen LogP) is 1.43. The SMILES string of the molecule is CCC(C)NS(=O)(=O)c1cc(N2C(=O)CCC2=O)ccc1OC. The van der Waals surface area contributed by atoms with Crippen LogP contribution in [-0.4, -0.2) is 33.4 Å². The van der Waals surface area contributed by atoms with Gasteiger partial charge in [0.15, 0.2) is 0 Å². The van der Waals surface area contributed by atoms with Gasteiger partial charge < -0.3 is 4.74 Å². The summed E-state index contributed by atoms with van der Waals surface area (Å²) in [6.07, 6.45) is 0.903.